The molecule has 4 nitrogen and oxygen atoms in total. The van der Waals surface area contributed by atoms with Gasteiger partial charge in [0.2, 0.25) is 0 Å². The lowest BCUT2D eigenvalue weighted by Crippen LogP contribution is -2.31. The molecule has 1 aliphatic rings. The Labute approximate surface area is 103 Å². The summed E-state index contributed by atoms with van der Waals surface area (Å²) < 4.78 is 7.91. The van der Waals surface area contributed by atoms with Gasteiger partial charge in [-0.15, -0.1) is 0 Å². The highest BCUT2D eigenvalue weighted by molar-refractivity contribution is 5.10. The average Bonchev–Trinajstić information content (AvgIpc) is 2.85. The molecule has 0 saturated carbocycles. The van der Waals surface area contributed by atoms with E-state index in [1.54, 1.807) is 0 Å². The third kappa shape index (κ3) is 3.07. The van der Waals surface area contributed by atoms with E-state index in [2.05, 4.69) is 30.5 Å². The monoisotopic (exact) mass is 237 g/mol. The van der Waals surface area contributed by atoms with E-state index in [9.17, 15) is 0 Å². The zero-order chi connectivity index (χ0) is 12.1. The summed E-state index contributed by atoms with van der Waals surface area (Å²) in [5.74, 6) is 0.582. The highest BCUT2D eigenvalue weighted by Crippen LogP contribution is 2.32. The Hall–Kier alpha value is -0.870. The van der Waals surface area contributed by atoms with Crippen molar-refractivity contribution in [3.8, 4) is 0 Å². The van der Waals surface area contributed by atoms with Crippen molar-refractivity contribution in [3.63, 3.8) is 0 Å². The SMILES string of the molecule is CCNCC1CCCOC1c1cnn(CC)c1. The van der Waals surface area contributed by atoms with Crippen LogP contribution in [0.4, 0.5) is 0 Å². The molecule has 0 radical (unpaired) electrons. The number of aromatic nitrogens is 2. The normalized spacial score (nSPS) is 25.1. The second-order valence-electron chi connectivity index (χ2n) is 4.63. The van der Waals surface area contributed by atoms with Crippen LogP contribution < -0.4 is 5.32 Å². The van der Waals surface area contributed by atoms with Crippen LogP contribution in [0, 0.1) is 5.92 Å². The summed E-state index contributed by atoms with van der Waals surface area (Å²) in [6, 6.07) is 0. The van der Waals surface area contributed by atoms with Crippen LogP contribution in [0.3, 0.4) is 0 Å². The lowest BCUT2D eigenvalue weighted by Gasteiger charge is -2.31. The maximum Gasteiger partial charge on any atom is 0.0895 e. The predicted octanol–water partition coefficient (Wildman–Crippen LogP) is 1.98. The summed E-state index contributed by atoms with van der Waals surface area (Å²) in [4.78, 5) is 0. The molecular weight excluding hydrogens is 214 g/mol. The Morgan fingerprint density at radius 3 is 3.12 bits per heavy atom. The van der Waals surface area contributed by atoms with Gasteiger partial charge < -0.3 is 10.1 Å². The third-order valence-corrected chi connectivity index (χ3v) is 3.41. The van der Waals surface area contributed by atoms with E-state index in [0.717, 1.165) is 26.2 Å². The molecule has 4 heteroatoms. The van der Waals surface area contributed by atoms with Gasteiger partial charge in [0.05, 0.1) is 12.3 Å². The van der Waals surface area contributed by atoms with Crippen molar-refractivity contribution < 1.29 is 4.74 Å². The van der Waals surface area contributed by atoms with E-state index in [-0.39, 0.29) is 6.10 Å². The van der Waals surface area contributed by atoms with E-state index >= 15 is 0 Å². The maximum absolute atomic E-state index is 5.94. The quantitative estimate of drug-likeness (QED) is 0.851. The fourth-order valence-electron chi connectivity index (χ4n) is 2.45. The van der Waals surface area contributed by atoms with Crippen LogP contribution in [0.5, 0.6) is 0 Å². The summed E-state index contributed by atoms with van der Waals surface area (Å²) in [6.45, 7) is 8.12. The number of ether oxygens (including phenoxy) is 1. The molecule has 1 aromatic heterocycles. The zero-order valence-corrected chi connectivity index (χ0v) is 10.9. The summed E-state index contributed by atoms with van der Waals surface area (Å²) in [5, 5.41) is 7.77. The molecule has 2 unspecified atom stereocenters. The van der Waals surface area contributed by atoms with E-state index in [0.29, 0.717) is 5.92 Å². The molecule has 2 atom stereocenters. The Kier molecular flexibility index (Phi) is 4.57. The van der Waals surface area contributed by atoms with Gasteiger partial charge in [-0.05, 0) is 26.3 Å². The van der Waals surface area contributed by atoms with E-state index in [1.807, 2.05) is 10.9 Å². The second kappa shape index (κ2) is 6.17. The molecule has 2 rings (SSSR count). The number of hydrogen-bond acceptors (Lipinski definition) is 3. The zero-order valence-electron chi connectivity index (χ0n) is 10.9. The van der Waals surface area contributed by atoms with E-state index < -0.39 is 0 Å². The van der Waals surface area contributed by atoms with Gasteiger partial charge >= 0.3 is 0 Å². The molecule has 1 aliphatic heterocycles. The van der Waals surface area contributed by atoms with Crippen molar-refractivity contribution in [2.45, 2.75) is 39.3 Å². The van der Waals surface area contributed by atoms with E-state index in [4.69, 9.17) is 4.74 Å². The molecule has 0 bridgehead atoms. The lowest BCUT2D eigenvalue weighted by molar-refractivity contribution is -0.0276. The summed E-state index contributed by atoms with van der Waals surface area (Å²) in [7, 11) is 0. The van der Waals surface area contributed by atoms with Gasteiger partial charge in [-0.2, -0.15) is 5.10 Å². The van der Waals surface area contributed by atoms with Crippen LogP contribution in [-0.4, -0.2) is 29.5 Å². The molecule has 96 valence electrons. The molecule has 0 amide bonds. The maximum atomic E-state index is 5.94. The molecule has 1 aromatic rings. The fraction of sp³-hybridized carbons (Fsp3) is 0.769. The number of aryl methyl sites for hydroxylation is 1. The average molecular weight is 237 g/mol. The van der Waals surface area contributed by atoms with E-state index in [1.165, 1.54) is 18.4 Å². The standard InChI is InChI=1S/C13H23N3O/c1-3-14-8-11-6-5-7-17-13(11)12-9-15-16(4-2)10-12/h9-11,13-14H,3-8H2,1-2H3. The molecule has 2 heterocycles. The minimum Gasteiger partial charge on any atom is -0.373 e. The van der Waals surface area contributed by atoms with Gasteiger partial charge in [-0.25, -0.2) is 0 Å². The van der Waals surface area contributed by atoms with Gasteiger partial charge in [0.25, 0.3) is 0 Å². The Morgan fingerprint density at radius 2 is 2.41 bits per heavy atom. The molecular formula is C13H23N3O. The van der Waals surface area contributed by atoms with Crippen molar-refractivity contribution in [3.05, 3.63) is 18.0 Å². The van der Waals surface area contributed by atoms with Gasteiger partial charge in [0.15, 0.2) is 0 Å². The minimum atomic E-state index is 0.225. The number of nitrogens with zero attached hydrogens (tertiary/aromatic N) is 2. The largest absolute Gasteiger partial charge is 0.373 e. The molecule has 0 aliphatic carbocycles. The summed E-state index contributed by atoms with van der Waals surface area (Å²) in [6.07, 6.45) is 6.72. The second-order valence-corrected chi connectivity index (χ2v) is 4.63. The van der Waals surface area contributed by atoms with Crippen LogP contribution in [0.15, 0.2) is 12.4 Å². The first-order chi connectivity index (χ1) is 8.35. The highest BCUT2D eigenvalue weighted by Gasteiger charge is 2.27. The van der Waals surface area contributed by atoms with Gasteiger partial charge in [0.1, 0.15) is 0 Å². The van der Waals surface area contributed by atoms with Crippen LogP contribution in [0.2, 0.25) is 0 Å². The lowest BCUT2D eigenvalue weighted by atomic mass is 9.91. The third-order valence-electron chi connectivity index (χ3n) is 3.41. The topological polar surface area (TPSA) is 39.1 Å². The smallest absolute Gasteiger partial charge is 0.0895 e. The fourth-order valence-corrected chi connectivity index (χ4v) is 2.45. The van der Waals surface area contributed by atoms with Crippen molar-refractivity contribution in [1.29, 1.82) is 0 Å². The van der Waals surface area contributed by atoms with Crippen LogP contribution in [0.1, 0.15) is 38.4 Å². The Bertz CT molecular complexity index is 337. The summed E-state index contributed by atoms with van der Waals surface area (Å²) in [5.41, 5.74) is 1.23. The van der Waals surface area contributed by atoms with Gasteiger partial charge in [-0.3, -0.25) is 4.68 Å². The highest BCUT2D eigenvalue weighted by atomic mass is 16.5. The predicted molar refractivity (Wildman–Crippen MR) is 67.9 cm³/mol. The molecule has 0 aromatic carbocycles. The van der Waals surface area contributed by atoms with Crippen molar-refractivity contribution >= 4 is 0 Å². The summed E-state index contributed by atoms with van der Waals surface area (Å²) >= 11 is 0. The van der Waals surface area contributed by atoms with Crippen molar-refractivity contribution in [1.82, 2.24) is 15.1 Å². The number of hydrogen-bond donors (Lipinski definition) is 1. The molecule has 1 N–H and O–H groups in total. The molecule has 0 spiro atoms. The van der Waals surface area contributed by atoms with Gasteiger partial charge in [0, 0.05) is 37.4 Å². The first-order valence-electron chi connectivity index (χ1n) is 6.69. The number of rotatable bonds is 5. The van der Waals surface area contributed by atoms with Crippen molar-refractivity contribution in [2.75, 3.05) is 19.7 Å². The molecule has 1 saturated heterocycles. The van der Waals surface area contributed by atoms with Gasteiger partial charge in [-0.1, -0.05) is 6.92 Å². The Balaban J connectivity index is 2.04. The van der Waals surface area contributed by atoms with Crippen LogP contribution in [0.25, 0.3) is 0 Å². The molecule has 1 fully saturated rings. The Morgan fingerprint density at radius 1 is 1.53 bits per heavy atom. The molecule has 17 heavy (non-hydrogen) atoms. The van der Waals surface area contributed by atoms with Crippen molar-refractivity contribution in [2.24, 2.45) is 5.92 Å². The number of nitrogens with one attached hydrogen (secondary N) is 1. The van der Waals surface area contributed by atoms with Crippen LogP contribution in [-0.2, 0) is 11.3 Å². The van der Waals surface area contributed by atoms with Crippen LogP contribution >= 0.6 is 0 Å². The minimum absolute atomic E-state index is 0.225. The first-order valence-corrected chi connectivity index (χ1v) is 6.69. The first kappa shape index (κ1) is 12.6.